The lowest BCUT2D eigenvalue weighted by atomic mass is 10.2. The van der Waals surface area contributed by atoms with E-state index in [1.165, 1.54) is 37.0 Å². The van der Waals surface area contributed by atoms with E-state index in [1.54, 1.807) is 0 Å². The Balaban J connectivity index is 1.85. The van der Waals surface area contributed by atoms with Gasteiger partial charge in [0.2, 0.25) is 0 Å². The summed E-state index contributed by atoms with van der Waals surface area (Å²) in [5, 5.41) is 0. The van der Waals surface area contributed by atoms with E-state index in [9.17, 15) is 0 Å². The SMILES string of the molecule is Cc1ccc2nc(C)n(CCN3CCCC3)c2c1. The normalized spacial score (nSPS) is 16.8. The first-order valence-electron chi connectivity index (χ1n) is 6.90. The molecule has 0 atom stereocenters. The second-order valence-corrected chi connectivity index (χ2v) is 5.35. The van der Waals surface area contributed by atoms with Gasteiger partial charge in [-0.05, 0) is 57.5 Å². The first-order chi connectivity index (χ1) is 8.74. The molecule has 0 unspecified atom stereocenters. The van der Waals surface area contributed by atoms with E-state index in [0.29, 0.717) is 0 Å². The van der Waals surface area contributed by atoms with E-state index < -0.39 is 0 Å². The van der Waals surface area contributed by atoms with Crippen LogP contribution < -0.4 is 0 Å². The van der Waals surface area contributed by atoms with Crippen LogP contribution in [0.5, 0.6) is 0 Å². The molecule has 0 radical (unpaired) electrons. The van der Waals surface area contributed by atoms with Gasteiger partial charge >= 0.3 is 0 Å². The molecule has 3 heteroatoms. The number of likely N-dealkylation sites (tertiary alicyclic amines) is 1. The van der Waals surface area contributed by atoms with Crippen LogP contribution in [0.2, 0.25) is 0 Å². The lowest BCUT2D eigenvalue weighted by Crippen LogP contribution is -2.24. The van der Waals surface area contributed by atoms with Crippen molar-refractivity contribution in [2.75, 3.05) is 19.6 Å². The molecule has 0 bridgehead atoms. The maximum atomic E-state index is 4.64. The zero-order valence-electron chi connectivity index (χ0n) is 11.3. The number of imidazole rings is 1. The third-order valence-electron chi connectivity index (χ3n) is 3.93. The summed E-state index contributed by atoms with van der Waals surface area (Å²) < 4.78 is 2.36. The van der Waals surface area contributed by atoms with Crippen molar-refractivity contribution in [1.82, 2.24) is 14.5 Å². The molecular weight excluding hydrogens is 222 g/mol. The number of fused-ring (bicyclic) bond motifs is 1. The molecule has 1 fully saturated rings. The Hall–Kier alpha value is -1.35. The third kappa shape index (κ3) is 2.15. The van der Waals surface area contributed by atoms with Gasteiger partial charge < -0.3 is 9.47 Å². The molecule has 1 aromatic carbocycles. The van der Waals surface area contributed by atoms with Crippen LogP contribution in [0.15, 0.2) is 18.2 Å². The molecule has 96 valence electrons. The number of aryl methyl sites for hydroxylation is 2. The third-order valence-corrected chi connectivity index (χ3v) is 3.93. The maximum Gasteiger partial charge on any atom is 0.106 e. The topological polar surface area (TPSA) is 21.1 Å². The minimum atomic E-state index is 1.06. The van der Waals surface area contributed by atoms with Gasteiger partial charge in [-0.2, -0.15) is 0 Å². The maximum absolute atomic E-state index is 4.64. The van der Waals surface area contributed by atoms with Crippen molar-refractivity contribution in [3.8, 4) is 0 Å². The monoisotopic (exact) mass is 243 g/mol. The van der Waals surface area contributed by atoms with Crippen LogP contribution in [0.3, 0.4) is 0 Å². The summed E-state index contributed by atoms with van der Waals surface area (Å²) in [7, 11) is 0. The van der Waals surface area contributed by atoms with Crippen LogP contribution >= 0.6 is 0 Å². The molecule has 1 aliphatic heterocycles. The Bertz CT molecular complexity index is 550. The van der Waals surface area contributed by atoms with E-state index >= 15 is 0 Å². The Labute approximate surface area is 108 Å². The Morgan fingerprint density at radius 2 is 1.89 bits per heavy atom. The van der Waals surface area contributed by atoms with E-state index in [2.05, 4.69) is 46.5 Å². The van der Waals surface area contributed by atoms with Crippen molar-refractivity contribution < 1.29 is 0 Å². The summed E-state index contributed by atoms with van der Waals surface area (Å²) in [6, 6.07) is 6.52. The van der Waals surface area contributed by atoms with Crippen molar-refractivity contribution in [3.63, 3.8) is 0 Å². The van der Waals surface area contributed by atoms with Crippen LogP contribution in [0.4, 0.5) is 0 Å². The van der Waals surface area contributed by atoms with Crippen molar-refractivity contribution in [1.29, 1.82) is 0 Å². The lowest BCUT2D eigenvalue weighted by Gasteiger charge is -2.16. The fourth-order valence-corrected chi connectivity index (χ4v) is 2.88. The van der Waals surface area contributed by atoms with Gasteiger partial charge in [0.15, 0.2) is 0 Å². The predicted molar refractivity (Wildman–Crippen MR) is 74.9 cm³/mol. The summed E-state index contributed by atoms with van der Waals surface area (Å²) in [5.74, 6) is 1.13. The van der Waals surface area contributed by atoms with Crippen molar-refractivity contribution in [2.45, 2.75) is 33.2 Å². The first kappa shape index (κ1) is 11.7. The van der Waals surface area contributed by atoms with E-state index in [4.69, 9.17) is 0 Å². The number of benzene rings is 1. The highest BCUT2D eigenvalue weighted by Crippen LogP contribution is 2.18. The first-order valence-corrected chi connectivity index (χ1v) is 6.90. The summed E-state index contributed by atoms with van der Waals surface area (Å²) in [4.78, 5) is 7.20. The highest BCUT2D eigenvalue weighted by Gasteiger charge is 2.13. The standard InChI is InChI=1S/C15H21N3/c1-12-5-6-14-15(11-12)18(13(2)16-14)10-9-17-7-3-4-8-17/h5-6,11H,3-4,7-10H2,1-2H3. The molecule has 0 aliphatic carbocycles. The van der Waals surface area contributed by atoms with Crippen LogP contribution in [-0.4, -0.2) is 34.1 Å². The minimum Gasteiger partial charge on any atom is -0.327 e. The molecule has 0 saturated carbocycles. The zero-order valence-corrected chi connectivity index (χ0v) is 11.3. The van der Waals surface area contributed by atoms with Crippen molar-refractivity contribution in [3.05, 3.63) is 29.6 Å². The second kappa shape index (κ2) is 4.73. The van der Waals surface area contributed by atoms with Crippen LogP contribution in [-0.2, 0) is 6.54 Å². The molecule has 3 nitrogen and oxygen atoms in total. The van der Waals surface area contributed by atoms with Gasteiger partial charge in [0.1, 0.15) is 5.82 Å². The molecule has 3 rings (SSSR count). The zero-order chi connectivity index (χ0) is 12.5. The fourth-order valence-electron chi connectivity index (χ4n) is 2.88. The molecule has 2 aromatic rings. The van der Waals surface area contributed by atoms with Crippen LogP contribution in [0.1, 0.15) is 24.2 Å². The molecule has 2 heterocycles. The number of hydrogen-bond acceptors (Lipinski definition) is 2. The number of hydrogen-bond donors (Lipinski definition) is 0. The van der Waals surface area contributed by atoms with Crippen LogP contribution in [0.25, 0.3) is 11.0 Å². The molecule has 1 aliphatic rings. The highest BCUT2D eigenvalue weighted by atomic mass is 15.2. The lowest BCUT2D eigenvalue weighted by molar-refractivity contribution is 0.323. The van der Waals surface area contributed by atoms with Gasteiger partial charge in [0.05, 0.1) is 11.0 Å². The average molecular weight is 243 g/mol. The molecule has 18 heavy (non-hydrogen) atoms. The largest absolute Gasteiger partial charge is 0.327 e. The van der Waals surface area contributed by atoms with Gasteiger partial charge in [0.25, 0.3) is 0 Å². The minimum absolute atomic E-state index is 1.06. The van der Waals surface area contributed by atoms with Gasteiger partial charge in [-0.1, -0.05) is 6.07 Å². The number of rotatable bonds is 3. The molecule has 1 saturated heterocycles. The summed E-state index contributed by atoms with van der Waals surface area (Å²) in [6.45, 7) is 9.01. The van der Waals surface area contributed by atoms with Gasteiger partial charge in [-0.15, -0.1) is 0 Å². The van der Waals surface area contributed by atoms with Crippen LogP contribution in [0, 0.1) is 13.8 Å². The van der Waals surface area contributed by atoms with Gasteiger partial charge in [-0.3, -0.25) is 0 Å². The van der Waals surface area contributed by atoms with Gasteiger partial charge in [0, 0.05) is 13.1 Å². The molecule has 0 spiro atoms. The quantitative estimate of drug-likeness (QED) is 0.826. The smallest absolute Gasteiger partial charge is 0.106 e. The Kier molecular flexibility index (Phi) is 3.08. The van der Waals surface area contributed by atoms with E-state index in [1.807, 2.05) is 0 Å². The van der Waals surface area contributed by atoms with Gasteiger partial charge in [-0.25, -0.2) is 4.98 Å². The van der Waals surface area contributed by atoms with E-state index in [-0.39, 0.29) is 0 Å². The highest BCUT2D eigenvalue weighted by molar-refractivity contribution is 5.76. The number of aromatic nitrogens is 2. The van der Waals surface area contributed by atoms with Crippen molar-refractivity contribution >= 4 is 11.0 Å². The molecule has 0 amide bonds. The Morgan fingerprint density at radius 1 is 1.11 bits per heavy atom. The molecular formula is C15H21N3. The summed E-state index contributed by atoms with van der Waals surface area (Å²) in [5.41, 5.74) is 3.72. The van der Waals surface area contributed by atoms with Crippen molar-refractivity contribution in [2.24, 2.45) is 0 Å². The summed E-state index contributed by atoms with van der Waals surface area (Å²) >= 11 is 0. The summed E-state index contributed by atoms with van der Waals surface area (Å²) in [6.07, 6.45) is 2.73. The molecule has 1 aromatic heterocycles. The fraction of sp³-hybridized carbons (Fsp3) is 0.533. The predicted octanol–water partition coefficient (Wildman–Crippen LogP) is 2.75. The average Bonchev–Trinajstić information content (AvgIpc) is 2.94. The molecule has 0 N–H and O–H groups in total. The Morgan fingerprint density at radius 3 is 2.67 bits per heavy atom. The van der Waals surface area contributed by atoms with E-state index in [0.717, 1.165) is 24.4 Å². The second-order valence-electron chi connectivity index (χ2n) is 5.35. The number of nitrogens with zero attached hydrogens (tertiary/aromatic N) is 3.